The number of benzene rings is 1. The number of nitro benzene ring substituents is 1. The van der Waals surface area contributed by atoms with Crippen molar-refractivity contribution in [3.05, 3.63) is 84.2 Å². The van der Waals surface area contributed by atoms with Crippen LogP contribution in [0, 0.1) is 31.6 Å². The van der Waals surface area contributed by atoms with Crippen molar-refractivity contribution in [2.75, 3.05) is 4.90 Å². The molecule has 0 spiro atoms. The van der Waals surface area contributed by atoms with Gasteiger partial charge in [0, 0.05) is 40.8 Å². The SMILES string of the molecule is N#CC1=C(N)N(c2cccc([N+](=O)[O-])c2)C2=C(C(=O)CCC2)C1c1ccc([N+](=O)[O-])s1. The summed E-state index contributed by atoms with van der Waals surface area (Å²) >= 11 is 0.896. The maximum atomic E-state index is 13.0. The largest absolute Gasteiger partial charge is 0.384 e. The van der Waals surface area contributed by atoms with E-state index in [1.165, 1.54) is 35.2 Å². The third-order valence-corrected chi connectivity index (χ3v) is 6.39. The molecule has 1 aromatic heterocycles. The summed E-state index contributed by atoms with van der Waals surface area (Å²) < 4.78 is 0. The monoisotopic (exact) mass is 437 g/mol. The first kappa shape index (κ1) is 20.2. The normalized spacial score (nSPS) is 18.6. The standard InChI is InChI=1S/C20H15N5O5S/c21-10-13-18(16-7-8-17(31-16)25(29)30)19-14(5-2-6-15(19)26)23(20(13)22)11-3-1-4-12(9-11)24(27)28/h1,3-4,7-9,18H,2,5-6,22H2. The van der Waals surface area contributed by atoms with E-state index in [-0.39, 0.29) is 34.3 Å². The fourth-order valence-electron chi connectivity index (χ4n) is 4.01. The van der Waals surface area contributed by atoms with Crippen LogP contribution in [0.2, 0.25) is 0 Å². The maximum absolute atomic E-state index is 13.0. The first-order chi connectivity index (χ1) is 14.8. The number of anilines is 1. The first-order valence-corrected chi connectivity index (χ1v) is 10.1. The molecule has 4 rings (SSSR count). The number of Topliss-reactive ketones (excluding diaryl/α,β-unsaturated/α-hetero) is 1. The van der Waals surface area contributed by atoms with Crippen LogP contribution in [0.5, 0.6) is 0 Å². The van der Waals surface area contributed by atoms with E-state index >= 15 is 0 Å². The van der Waals surface area contributed by atoms with Crippen molar-refractivity contribution in [3.63, 3.8) is 0 Å². The highest BCUT2D eigenvalue weighted by Gasteiger charge is 2.41. The van der Waals surface area contributed by atoms with E-state index in [0.29, 0.717) is 34.7 Å². The zero-order valence-corrected chi connectivity index (χ0v) is 16.8. The Bertz CT molecular complexity index is 1240. The van der Waals surface area contributed by atoms with Gasteiger partial charge in [0.2, 0.25) is 0 Å². The van der Waals surface area contributed by atoms with Crippen molar-refractivity contribution in [3.8, 4) is 6.07 Å². The quantitative estimate of drug-likeness (QED) is 0.558. The van der Waals surface area contributed by atoms with Crippen molar-refractivity contribution in [2.45, 2.75) is 25.2 Å². The van der Waals surface area contributed by atoms with Gasteiger partial charge in [-0.1, -0.05) is 17.4 Å². The average molecular weight is 437 g/mol. The molecular formula is C20H15N5O5S. The maximum Gasteiger partial charge on any atom is 0.324 e. The molecular weight excluding hydrogens is 422 g/mol. The second kappa shape index (κ2) is 7.66. The highest BCUT2D eigenvalue weighted by Crippen LogP contribution is 2.48. The van der Waals surface area contributed by atoms with Crippen LogP contribution in [0.3, 0.4) is 0 Å². The lowest BCUT2D eigenvalue weighted by atomic mass is 9.78. The summed E-state index contributed by atoms with van der Waals surface area (Å²) in [5.74, 6) is -0.920. The highest BCUT2D eigenvalue weighted by molar-refractivity contribution is 7.15. The molecule has 1 aliphatic heterocycles. The molecule has 0 amide bonds. The number of rotatable bonds is 4. The van der Waals surface area contributed by atoms with Crippen LogP contribution in [0.1, 0.15) is 30.1 Å². The average Bonchev–Trinajstić information content (AvgIpc) is 3.23. The zero-order valence-electron chi connectivity index (χ0n) is 16.0. The third-order valence-electron chi connectivity index (χ3n) is 5.29. The minimum Gasteiger partial charge on any atom is -0.384 e. The molecule has 0 radical (unpaired) electrons. The predicted octanol–water partition coefficient (Wildman–Crippen LogP) is 3.87. The minimum atomic E-state index is -0.804. The molecule has 1 atom stereocenters. The van der Waals surface area contributed by atoms with E-state index in [4.69, 9.17) is 5.73 Å². The Labute approximate surface area is 179 Å². The second-order valence-electron chi connectivity index (χ2n) is 7.03. The summed E-state index contributed by atoms with van der Waals surface area (Å²) in [5, 5.41) is 32.2. The van der Waals surface area contributed by atoms with Gasteiger partial charge >= 0.3 is 5.00 Å². The summed E-state index contributed by atoms with van der Waals surface area (Å²) in [4.78, 5) is 36.3. The number of nitro groups is 2. The van der Waals surface area contributed by atoms with Gasteiger partial charge in [-0.3, -0.25) is 29.9 Å². The Morgan fingerprint density at radius 2 is 1.94 bits per heavy atom. The minimum absolute atomic E-state index is 0.0532. The number of nitriles is 1. The summed E-state index contributed by atoms with van der Waals surface area (Å²) in [6, 6.07) is 10.7. The Kier molecular flexibility index (Phi) is 5.00. The summed E-state index contributed by atoms with van der Waals surface area (Å²) in [7, 11) is 0. The van der Waals surface area contributed by atoms with Crippen molar-refractivity contribution < 1.29 is 14.6 Å². The predicted molar refractivity (Wildman–Crippen MR) is 112 cm³/mol. The number of hydrogen-bond acceptors (Lipinski definition) is 9. The lowest BCUT2D eigenvalue weighted by Gasteiger charge is -2.39. The van der Waals surface area contributed by atoms with Crippen LogP contribution in [0.15, 0.2) is 59.1 Å². The van der Waals surface area contributed by atoms with Crippen molar-refractivity contribution in [1.82, 2.24) is 0 Å². The van der Waals surface area contributed by atoms with E-state index < -0.39 is 15.8 Å². The van der Waals surface area contributed by atoms with Crippen molar-refractivity contribution in [2.24, 2.45) is 5.73 Å². The van der Waals surface area contributed by atoms with Crippen LogP contribution in [0.4, 0.5) is 16.4 Å². The Balaban J connectivity index is 1.94. The smallest absolute Gasteiger partial charge is 0.324 e. The zero-order chi connectivity index (χ0) is 22.3. The Hall–Kier alpha value is -4.04. The number of ketones is 1. The van der Waals surface area contributed by atoms with Gasteiger partial charge in [0.05, 0.1) is 33.1 Å². The highest BCUT2D eigenvalue weighted by atomic mass is 32.1. The lowest BCUT2D eigenvalue weighted by molar-refractivity contribution is -0.384. The van der Waals surface area contributed by atoms with Gasteiger partial charge in [0.25, 0.3) is 5.69 Å². The van der Waals surface area contributed by atoms with Gasteiger partial charge in [-0.25, -0.2) is 0 Å². The summed E-state index contributed by atoms with van der Waals surface area (Å²) in [6.45, 7) is 0. The van der Waals surface area contributed by atoms with E-state index in [2.05, 4.69) is 6.07 Å². The van der Waals surface area contributed by atoms with E-state index in [9.17, 15) is 30.3 Å². The molecule has 0 bridgehead atoms. The van der Waals surface area contributed by atoms with Gasteiger partial charge in [0.15, 0.2) is 5.78 Å². The number of nitrogens with two attached hydrogens (primary N) is 1. The van der Waals surface area contributed by atoms with Crippen LogP contribution >= 0.6 is 11.3 Å². The third kappa shape index (κ3) is 3.32. The second-order valence-corrected chi connectivity index (χ2v) is 8.12. The van der Waals surface area contributed by atoms with Crippen LogP contribution < -0.4 is 10.6 Å². The number of nitrogens with zero attached hydrogens (tertiary/aromatic N) is 4. The molecule has 0 saturated heterocycles. The molecule has 2 N–H and O–H groups in total. The summed E-state index contributed by atoms with van der Waals surface area (Å²) in [5.41, 5.74) is 7.61. The number of hydrogen-bond donors (Lipinski definition) is 1. The molecule has 1 unspecified atom stereocenters. The van der Waals surface area contributed by atoms with Gasteiger partial charge in [-0.2, -0.15) is 5.26 Å². The van der Waals surface area contributed by atoms with E-state index in [1.807, 2.05) is 0 Å². The van der Waals surface area contributed by atoms with E-state index in [0.717, 1.165) is 11.3 Å². The molecule has 2 aliphatic rings. The molecule has 1 aromatic carbocycles. The van der Waals surface area contributed by atoms with Crippen LogP contribution in [0.25, 0.3) is 0 Å². The molecule has 156 valence electrons. The molecule has 2 aromatic rings. The Morgan fingerprint density at radius 3 is 2.58 bits per heavy atom. The van der Waals surface area contributed by atoms with Gasteiger partial charge in [-0.15, -0.1) is 0 Å². The fraction of sp³-hybridized carbons (Fsp3) is 0.200. The number of carbonyl (C=O) groups is 1. The first-order valence-electron chi connectivity index (χ1n) is 9.28. The van der Waals surface area contributed by atoms with Crippen molar-refractivity contribution in [1.29, 1.82) is 5.26 Å². The number of non-ortho nitro benzene ring substituents is 1. The number of allylic oxidation sites excluding steroid dienone is 3. The van der Waals surface area contributed by atoms with Crippen LogP contribution in [-0.2, 0) is 4.79 Å². The molecule has 31 heavy (non-hydrogen) atoms. The van der Waals surface area contributed by atoms with Gasteiger partial charge in [-0.05, 0) is 25.0 Å². The number of carbonyl (C=O) groups excluding carboxylic acids is 1. The molecule has 0 fully saturated rings. The molecule has 11 heteroatoms. The Morgan fingerprint density at radius 1 is 1.16 bits per heavy atom. The lowest BCUT2D eigenvalue weighted by Crippen LogP contribution is -2.38. The van der Waals surface area contributed by atoms with Gasteiger partial charge < -0.3 is 5.73 Å². The molecule has 2 heterocycles. The molecule has 0 saturated carbocycles. The van der Waals surface area contributed by atoms with Gasteiger partial charge in [0.1, 0.15) is 5.82 Å². The van der Waals surface area contributed by atoms with E-state index in [1.54, 1.807) is 6.07 Å². The molecule has 1 aliphatic carbocycles. The van der Waals surface area contributed by atoms with Crippen LogP contribution in [-0.4, -0.2) is 15.6 Å². The summed E-state index contributed by atoms with van der Waals surface area (Å²) in [6.07, 6.45) is 1.33. The molecule has 10 nitrogen and oxygen atoms in total. The fourth-order valence-corrected chi connectivity index (χ4v) is 4.95. The van der Waals surface area contributed by atoms with Crippen molar-refractivity contribution >= 4 is 33.5 Å². The number of thiophene rings is 1. The topological polar surface area (TPSA) is 156 Å².